The van der Waals surface area contributed by atoms with Gasteiger partial charge in [0.1, 0.15) is 18.1 Å². The van der Waals surface area contributed by atoms with Crippen molar-refractivity contribution in [2.24, 2.45) is 5.73 Å². The number of amides is 1. The average Bonchev–Trinajstić information content (AvgIpc) is 3.18. The second kappa shape index (κ2) is 9.62. The molecule has 0 aliphatic rings. The van der Waals surface area contributed by atoms with Gasteiger partial charge in [0.25, 0.3) is 0 Å². The Morgan fingerprint density at radius 1 is 1.18 bits per heavy atom. The van der Waals surface area contributed by atoms with Crippen LogP contribution in [0.5, 0.6) is 0 Å². The Morgan fingerprint density at radius 2 is 1.86 bits per heavy atom. The highest BCUT2D eigenvalue weighted by Gasteiger charge is 2.32. The lowest BCUT2D eigenvalue weighted by Crippen LogP contribution is -2.58. The molecule has 150 valence electrons. The predicted octanol–water partition coefficient (Wildman–Crippen LogP) is -0.347. The van der Waals surface area contributed by atoms with Crippen LogP contribution in [0.1, 0.15) is 24.2 Å². The molecule has 2 rings (SSSR count). The van der Waals surface area contributed by atoms with E-state index < -0.39 is 42.0 Å². The number of hydrogen-bond donors (Lipinski definition) is 6. The summed E-state index contributed by atoms with van der Waals surface area (Å²) in [5, 5.41) is 24.0. The summed E-state index contributed by atoms with van der Waals surface area (Å²) in [6.45, 7) is 1.48. The predicted molar refractivity (Wildman–Crippen MR) is 99.3 cm³/mol. The maximum absolute atomic E-state index is 12.4. The van der Waals surface area contributed by atoms with Gasteiger partial charge in [0.05, 0.1) is 6.33 Å². The lowest BCUT2D eigenvalue weighted by Gasteiger charge is -2.26. The number of imidazole rings is 1. The molecule has 28 heavy (non-hydrogen) atoms. The van der Waals surface area contributed by atoms with E-state index in [-0.39, 0.29) is 6.42 Å². The van der Waals surface area contributed by atoms with Crippen molar-refractivity contribution >= 4 is 17.8 Å². The first-order valence-corrected chi connectivity index (χ1v) is 8.59. The number of rotatable bonds is 10. The van der Waals surface area contributed by atoms with Crippen molar-refractivity contribution in [3.63, 3.8) is 0 Å². The van der Waals surface area contributed by atoms with E-state index in [1.807, 2.05) is 0 Å². The zero-order chi connectivity index (χ0) is 20.7. The van der Waals surface area contributed by atoms with E-state index in [1.165, 1.54) is 19.4 Å². The summed E-state index contributed by atoms with van der Waals surface area (Å²) in [6, 6.07) is 4.15. The number of carbonyl (C=O) groups excluding carboxylic acids is 1. The van der Waals surface area contributed by atoms with Crippen LogP contribution in [0.3, 0.4) is 0 Å². The van der Waals surface area contributed by atoms with Crippen LogP contribution in [0.25, 0.3) is 0 Å². The molecular weight excluding hydrogens is 366 g/mol. The van der Waals surface area contributed by atoms with Gasteiger partial charge in [-0.15, -0.1) is 0 Å². The van der Waals surface area contributed by atoms with Crippen molar-refractivity contribution in [3.8, 4) is 0 Å². The normalized spacial score (nSPS) is 15.2. The maximum Gasteiger partial charge on any atom is 0.327 e. The molecule has 10 nitrogen and oxygen atoms in total. The monoisotopic (exact) mass is 389 g/mol. The molecule has 0 unspecified atom stereocenters. The van der Waals surface area contributed by atoms with Crippen molar-refractivity contribution in [2.45, 2.75) is 37.5 Å². The molecule has 1 heterocycles. The summed E-state index contributed by atoms with van der Waals surface area (Å²) in [7, 11) is 0. The van der Waals surface area contributed by atoms with Gasteiger partial charge < -0.3 is 26.2 Å². The fraction of sp³-hybridized carbons (Fsp3) is 0.333. The van der Waals surface area contributed by atoms with E-state index in [0.717, 1.165) is 0 Å². The molecule has 0 spiro atoms. The number of carboxylic acids is 2. The van der Waals surface area contributed by atoms with Gasteiger partial charge in [0.15, 0.2) is 0 Å². The molecule has 0 saturated heterocycles. The molecule has 4 atom stereocenters. The first-order chi connectivity index (χ1) is 13.3. The molecule has 0 fully saturated rings. The highest BCUT2D eigenvalue weighted by atomic mass is 16.4. The molecule has 2 aromatic rings. The van der Waals surface area contributed by atoms with Crippen molar-refractivity contribution in [2.75, 3.05) is 0 Å². The van der Waals surface area contributed by atoms with Crippen molar-refractivity contribution in [1.82, 2.24) is 20.6 Å². The molecule has 1 aromatic carbocycles. The van der Waals surface area contributed by atoms with Crippen LogP contribution < -0.4 is 16.4 Å². The van der Waals surface area contributed by atoms with Crippen molar-refractivity contribution in [1.29, 1.82) is 0 Å². The molecule has 0 saturated carbocycles. The Hall–Kier alpha value is -3.24. The number of carboxylic acid groups (broad SMARTS) is 2. The number of nitrogens with zero attached hydrogens (tertiary/aromatic N) is 1. The highest BCUT2D eigenvalue weighted by Crippen LogP contribution is 2.10. The quantitative estimate of drug-likeness (QED) is 0.320. The summed E-state index contributed by atoms with van der Waals surface area (Å²) < 4.78 is 0. The second-order valence-corrected chi connectivity index (χ2v) is 6.34. The van der Waals surface area contributed by atoms with Crippen molar-refractivity contribution < 1.29 is 24.6 Å². The molecule has 7 N–H and O–H groups in total. The van der Waals surface area contributed by atoms with Crippen LogP contribution in [-0.4, -0.2) is 56.2 Å². The van der Waals surface area contributed by atoms with E-state index >= 15 is 0 Å². The maximum atomic E-state index is 12.4. The number of aliphatic carboxylic acids is 2. The minimum atomic E-state index is -1.37. The zero-order valence-corrected chi connectivity index (χ0v) is 15.2. The minimum absolute atomic E-state index is 0.0729. The number of carbonyl (C=O) groups is 3. The number of hydrogen-bond acceptors (Lipinski definition) is 6. The first kappa shape index (κ1) is 21.1. The average molecular weight is 389 g/mol. The van der Waals surface area contributed by atoms with Gasteiger partial charge in [-0.25, -0.2) is 9.78 Å². The van der Waals surface area contributed by atoms with Gasteiger partial charge in [-0.1, -0.05) is 30.3 Å². The number of benzene rings is 1. The fourth-order valence-electron chi connectivity index (χ4n) is 2.70. The van der Waals surface area contributed by atoms with E-state index in [0.29, 0.717) is 11.3 Å². The van der Waals surface area contributed by atoms with Crippen LogP contribution in [0, 0.1) is 0 Å². The molecule has 0 radical (unpaired) electrons. The number of H-pyrrole nitrogens is 1. The van der Waals surface area contributed by atoms with Gasteiger partial charge in [-0.05, 0) is 12.5 Å². The molecule has 0 aliphatic heterocycles. The van der Waals surface area contributed by atoms with Gasteiger partial charge in [-0.3, -0.25) is 14.9 Å². The fourth-order valence-corrected chi connectivity index (χ4v) is 2.70. The Balaban J connectivity index is 2.05. The zero-order valence-electron chi connectivity index (χ0n) is 15.2. The van der Waals surface area contributed by atoms with E-state index in [1.54, 1.807) is 30.3 Å². The third-order valence-corrected chi connectivity index (χ3v) is 4.25. The molecule has 1 aromatic heterocycles. The lowest BCUT2D eigenvalue weighted by molar-refractivity contribution is -0.144. The summed E-state index contributed by atoms with van der Waals surface area (Å²) in [4.78, 5) is 42.2. The van der Waals surface area contributed by atoms with Crippen LogP contribution >= 0.6 is 0 Å². The topological polar surface area (TPSA) is 170 Å². The summed E-state index contributed by atoms with van der Waals surface area (Å²) in [6.07, 6.45) is 2.98. The first-order valence-electron chi connectivity index (χ1n) is 8.59. The summed E-state index contributed by atoms with van der Waals surface area (Å²) in [5.41, 5.74) is 7.01. The Bertz CT molecular complexity index is 796. The number of nitrogens with two attached hydrogens (primary N) is 1. The summed E-state index contributed by atoms with van der Waals surface area (Å²) in [5.74, 6) is -3.13. The van der Waals surface area contributed by atoms with Crippen molar-refractivity contribution in [3.05, 3.63) is 54.1 Å². The number of aromatic nitrogens is 2. The largest absolute Gasteiger partial charge is 0.480 e. The lowest BCUT2D eigenvalue weighted by atomic mass is 10.0. The number of nitrogens with one attached hydrogen (secondary N) is 3. The Kier molecular flexibility index (Phi) is 7.24. The molecule has 10 heteroatoms. The molecule has 0 bridgehead atoms. The second-order valence-electron chi connectivity index (χ2n) is 6.34. The Morgan fingerprint density at radius 3 is 2.39 bits per heavy atom. The minimum Gasteiger partial charge on any atom is -0.480 e. The molecule has 1 amide bonds. The van der Waals surface area contributed by atoms with Crippen LogP contribution in [0.4, 0.5) is 0 Å². The van der Waals surface area contributed by atoms with Gasteiger partial charge in [0, 0.05) is 24.4 Å². The Labute approximate surface area is 161 Å². The third-order valence-electron chi connectivity index (χ3n) is 4.25. The van der Waals surface area contributed by atoms with Gasteiger partial charge in [-0.2, -0.15) is 0 Å². The third kappa shape index (κ3) is 5.63. The van der Waals surface area contributed by atoms with E-state index in [2.05, 4.69) is 20.6 Å². The van der Waals surface area contributed by atoms with Gasteiger partial charge in [0.2, 0.25) is 5.91 Å². The SMILES string of the molecule is C[C@@H](N[C@@H](Cc1cnc[nH]1)C(=O)O)[C@H](NC(=O)[C@@H](N)c1ccccc1)C(=O)O. The van der Waals surface area contributed by atoms with Crippen LogP contribution in [0.2, 0.25) is 0 Å². The number of aromatic amines is 1. The highest BCUT2D eigenvalue weighted by molar-refractivity contribution is 5.88. The van der Waals surface area contributed by atoms with Crippen LogP contribution in [0.15, 0.2) is 42.9 Å². The van der Waals surface area contributed by atoms with E-state index in [9.17, 15) is 24.6 Å². The standard InChI is InChI=1S/C18H23N5O5/c1-10(22-13(17(25)26)7-12-8-20-9-21-12)15(18(27)28)23-16(24)14(19)11-5-3-2-4-6-11/h2-6,8-10,13-15,22H,7,19H2,1H3,(H,20,21)(H,23,24)(H,25,26)(H,27,28)/t10-,13+,14+,15+/m1/s1. The van der Waals surface area contributed by atoms with E-state index in [4.69, 9.17) is 5.73 Å². The van der Waals surface area contributed by atoms with Crippen LogP contribution in [-0.2, 0) is 20.8 Å². The summed E-state index contributed by atoms with van der Waals surface area (Å²) >= 11 is 0. The molecular formula is C18H23N5O5. The van der Waals surface area contributed by atoms with Gasteiger partial charge >= 0.3 is 11.9 Å². The molecule has 0 aliphatic carbocycles. The smallest absolute Gasteiger partial charge is 0.327 e.